The maximum absolute atomic E-state index is 5.41. The average Bonchev–Trinajstić information content (AvgIpc) is 3.08. The van der Waals surface area contributed by atoms with Gasteiger partial charge in [-0.3, -0.25) is 0 Å². The van der Waals surface area contributed by atoms with Crippen LogP contribution in [-0.4, -0.2) is 37.4 Å². The van der Waals surface area contributed by atoms with Crippen molar-refractivity contribution in [3.05, 3.63) is 59.7 Å². The van der Waals surface area contributed by atoms with Crippen LogP contribution in [0.1, 0.15) is 17.2 Å². The van der Waals surface area contributed by atoms with E-state index in [1.54, 1.807) is 0 Å². The van der Waals surface area contributed by atoms with Gasteiger partial charge in [-0.05, 0) is 49.6 Å². The summed E-state index contributed by atoms with van der Waals surface area (Å²) in [5, 5.41) is 7.19. The zero-order chi connectivity index (χ0) is 17.6. The fourth-order valence-corrected chi connectivity index (χ4v) is 2.91. The molecule has 2 aromatic carbocycles. The van der Waals surface area contributed by atoms with Gasteiger partial charge in [0.05, 0.1) is 6.04 Å². The van der Waals surface area contributed by atoms with Crippen molar-refractivity contribution in [2.75, 3.05) is 27.4 Å². The van der Waals surface area contributed by atoms with E-state index < -0.39 is 0 Å². The lowest BCUT2D eigenvalue weighted by molar-refractivity contribution is 0.174. The van der Waals surface area contributed by atoms with Crippen LogP contribution in [0.25, 0.3) is 0 Å². The van der Waals surface area contributed by atoms with Crippen LogP contribution in [0.3, 0.4) is 0 Å². The second kappa shape index (κ2) is 8.18. The molecule has 25 heavy (non-hydrogen) atoms. The van der Waals surface area contributed by atoms with Gasteiger partial charge in [-0.25, -0.2) is 0 Å². The molecule has 0 spiro atoms. The van der Waals surface area contributed by atoms with Gasteiger partial charge < -0.3 is 25.0 Å². The van der Waals surface area contributed by atoms with Crippen molar-refractivity contribution in [3.8, 4) is 11.5 Å². The van der Waals surface area contributed by atoms with E-state index in [-0.39, 0.29) is 12.8 Å². The molecular formula is C19H23N3O2S. The van der Waals surface area contributed by atoms with Crippen molar-refractivity contribution < 1.29 is 9.47 Å². The predicted octanol–water partition coefficient (Wildman–Crippen LogP) is 2.68. The van der Waals surface area contributed by atoms with Crippen LogP contribution in [0.4, 0.5) is 0 Å². The summed E-state index contributed by atoms with van der Waals surface area (Å²) >= 11 is 5.41. The van der Waals surface area contributed by atoms with Crippen LogP contribution in [0.2, 0.25) is 0 Å². The van der Waals surface area contributed by atoms with Gasteiger partial charge in [0.15, 0.2) is 16.6 Å². The molecule has 0 bridgehead atoms. The van der Waals surface area contributed by atoms with E-state index in [1.807, 2.05) is 24.3 Å². The first-order valence-electron chi connectivity index (χ1n) is 8.25. The smallest absolute Gasteiger partial charge is 0.231 e. The fourth-order valence-electron chi connectivity index (χ4n) is 2.76. The Bertz CT molecular complexity index is 722. The maximum Gasteiger partial charge on any atom is 0.231 e. The molecule has 6 heteroatoms. The SMILES string of the molecule is CN(C)[C@H](CNC(=S)NCc1ccc2c(c1)OCO2)c1ccccc1. The van der Waals surface area contributed by atoms with Crippen molar-refractivity contribution in [2.45, 2.75) is 12.6 Å². The van der Waals surface area contributed by atoms with Crippen LogP contribution in [0.5, 0.6) is 11.5 Å². The molecule has 0 aliphatic carbocycles. The summed E-state index contributed by atoms with van der Waals surface area (Å²) in [5.74, 6) is 1.58. The van der Waals surface area contributed by atoms with E-state index in [9.17, 15) is 0 Å². The van der Waals surface area contributed by atoms with E-state index in [0.29, 0.717) is 11.7 Å². The zero-order valence-electron chi connectivity index (χ0n) is 14.5. The highest BCUT2D eigenvalue weighted by molar-refractivity contribution is 7.80. The summed E-state index contributed by atoms with van der Waals surface area (Å²) in [7, 11) is 4.14. The van der Waals surface area contributed by atoms with Gasteiger partial charge in [0, 0.05) is 13.1 Å². The standard InChI is InChI=1S/C19H23N3O2S/c1-22(2)16(15-6-4-3-5-7-15)12-21-19(25)20-11-14-8-9-17-18(10-14)24-13-23-17/h3-10,16H,11-13H2,1-2H3,(H2,20,21,25)/t16-/m1/s1. The highest BCUT2D eigenvalue weighted by Gasteiger charge is 2.15. The number of thiocarbonyl (C=S) groups is 1. The molecule has 0 saturated carbocycles. The summed E-state index contributed by atoms with van der Waals surface area (Å²) in [5.41, 5.74) is 2.36. The lowest BCUT2D eigenvalue weighted by Crippen LogP contribution is -2.40. The Hall–Kier alpha value is -2.31. The molecule has 0 radical (unpaired) electrons. The van der Waals surface area contributed by atoms with Crippen LogP contribution in [0, 0.1) is 0 Å². The first-order valence-corrected chi connectivity index (χ1v) is 8.66. The minimum absolute atomic E-state index is 0.256. The summed E-state index contributed by atoms with van der Waals surface area (Å²) in [4.78, 5) is 2.18. The van der Waals surface area contributed by atoms with Crippen molar-refractivity contribution in [1.82, 2.24) is 15.5 Å². The minimum Gasteiger partial charge on any atom is -0.454 e. The van der Waals surface area contributed by atoms with Gasteiger partial charge in [0.1, 0.15) is 0 Å². The fraction of sp³-hybridized carbons (Fsp3) is 0.316. The van der Waals surface area contributed by atoms with Gasteiger partial charge in [0.2, 0.25) is 6.79 Å². The summed E-state index contributed by atoms with van der Waals surface area (Å²) in [6.45, 7) is 1.67. The molecule has 5 nitrogen and oxygen atoms in total. The molecule has 2 N–H and O–H groups in total. The molecule has 0 amide bonds. The molecule has 1 heterocycles. The second-order valence-electron chi connectivity index (χ2n) is 6.14. The molecule has 132 valence electrons. The summed E-state index contributed by atoms with van der Waals surface area (Å²) in [6.07, 6.45) is 0. The number of hydrogen-bond acceptors (Lipinski definition) is 4. The van der Waals surface area contributed by atoms with E-state index in [1.165, 1.54) is 5.56 Å². The van der Waals surface area contributed by atoms with Gasteiger partial charge in [0.25, 0.3) is 0 Å². The van der Waals surface area contributed by atoms with Gasteiger partial charge in [-0.2, -0.15) is 0 Å². The molecule has 1 aliphatic heterocycles. The molecule has 1 atom stereocenters. The van der Waals surface area contributed by atoms with Crippen molar-refractivity contribution in [2.24, 2.45) is 0 Å². The van der Waals surface area contributed by atoms with Gasteiger partial charge in [-0.1, -0.05) is 36.4 Å². The average molecular weight is 357 g/mol. The molecule has 1 aliphatic rings. The highest BCUT2D eigenvalue weighted by atomic mass is 32.1. The van der Waals surface area contributed by atoms with Crippen molar-refractivity contribution in [1.29, 1.82) is 0 Å². The summed E-state index contributed by atoms with van der Waals surface area (Å²) < 4.78 is 10.7. The number of likely N-dealkylation sites (N-methyl/N-ethyl adjacent to an activating group) is 1. The van der Waals surface area contributed by atoms with Gasteiger partial charge >= 0.3 is 0 Å². The maximum atomic E-state index is 5.41. The lowest BCUT2D eigenvalue weighted by Gasteiger charge is -2.25. The Labute approximate surface area is 153 Å². The minimum atomic E-state index is 0.256. The Kier molecular flexibility index (Phi) is 5.73. The highest BCUT2D eigenvalue weighted by Crippen LogP contribution is 2.32. The van der Waals surface area contributed by atoms with E-state index in [4.69, 9.17) is 21.7 Å². The topological polar surface area (TPSA) is 45.8 Å². The first kappa shape index (κ1) is 17.5. The number of nitrogens with zero attached hydrogens (tertiary/aromatic N) is 1. The number of nitrogens with one attached hydrogen (secondary N) is 2. The number of benzene rings is 2. The van der Waals surface area contributed by atoms with Gasteiger partial charge in [-0.15, -0.1) is 0 Å². The Morgan fingerprint density at radius 2 is 1.84 bits per heavy atom. The van der Waals surface area contributed by atoms with Crippen LogP contribution in [-0.2, 0) is 6.54 Å². The second-order valence-corrected chi connectivity index (χ2v) is 6.55. The third kappa shape index (κ3) is 4.61. The molecule has 0 saturated heterocycles. The lowest BCUT2D eigenvalue weighted by atomic mass is 10.1. The van der Waals surface area contributed by atoms with E-state index in [0.717, 1.165) is 23.6 Å². The number of hydrogen-bond donors (Lipinski definition) is 2. The Balaban J connectivity index is 1.50. The van der Waals surface area contributed by atoms with Crippen LogP contribution >= 0.6 is 12.2 Å². The van der Waals surface area contributed by atoms with E-state index >= 15 is 0 Å². The van der Waals surface area contributed by atoms with Crippen molar-refractivity contribution >= 4 is 17.3 Å². The number of rotatable bonds is 6. The molecule has 0 unspecified atom stereocenters. The first-order chi connectivity index (χ1) is 12.1. The van der Waals surface area contributed by atoms with Crippen LogP contribution in [0.15, 0.2) is 48.5 Å². The van der Waals surface area contributed by atoms with Crippen LogP contribution < -0.4 is 20.1 Å². The molecule has 0 aromatic heterocycles. The molecular weight excluding hydrogens is 334 g/mol. The van der Waals surface area contributed by atoms with Crippen molar-refractivity contribution in [3.63, 3.8) is 0 Å². The molecule has 0 fully saturated rings. The molecule has 2 aromatic rings. The monoisotopic (exact) mass is 357 g/mol. The number of ether oxygens (including phenoxy) is 2. The molecule has 3 rings (SSSR count). The quantitative estimate of drug-likeness (QED) is 0.775. The summed E-state index contributed by atoms with van der Waals surface area (Å²) in [6, 6.07) is 16.6. The zero-order valence-corrected chi connectivity index (χ0v) is 15.3. The predicted molar refractivity (Wildman–Crippen MR) is 103 cm³/mol. The largest absolute Gasteiger partial charge is 0.454 e. The Morgan fingerprint density at radius 1 is 1.08 bits per heavy atom. The Morgan fingerprint density at radius 3 is 2.60 bits per heavy atom. The van der Waals surface area contributed by atoms with E-state index in [2.05, 4.69) is 53.9 Å². The normalized spacial score (nSPS) is 13.6. The number of fused-ring (bicyclic) bond motifs is 1. The third-order valence-electron chi connectivity index (χ3n) is 4.15. The third-order valence-corrected chi connectivity index (χ3v) is 4.44.